The normalized spacial score (nSPS) is 15.4. The molecule has 0 aliphatic carbocycles. The Bertz CT molecular complexity index is 1160. The van der Waals surface area contributed by atoms with Gasteiger partial charge in [-0.05, 0) is 234 Å². The number of rotatable bonds is 12. The van der Waals surface area contributed by atoms with E-state index in [0.29, 0.717) is 35.8 Å². The summed E-state index contributed by atoms with van der Waals surface area (Å²) < 4.78 is 0. The van der Waals surface area contributed by atoms with Crippen LogP contribution in [0.15, 0.2) is 0 Å². The Labute approximate surface area is 542 Å². The fourth-order valence-electron chi connectivity index (χ4n) is 9.74. The molecule has 78 heavy (non-hydrogen) atoms. The molecule has 0 atom stereocenters. The van der Waals surface area contributed by atoms with Crippen LogP contribution < -0.4 is 0 Å². The van der Waals surface area contributed by atoms with Gasteiger partial charge < -0.3 is 91.3 Å². The minimum Gasteiger partial charge on any atom is -0.427 e. The molecule has 6 aliphatic heterocycles. The number of guanidine groups is 6. The Balaban J connectivity index is -0.000000196. The third kappa shape index (κ3) is 32.0. The fraction of sp³-hybridized carbons (Fsp3) is 0.889. The molecule has 0 unspecified atom stereocenters. The molecular weight excluding hydrogens is 1280 g/mol. The van der Waals surface area contributed by atoms with E-state index in [1.54, 1.807) is 0 Å². The van der Waals surface area contributed by atoms with E-state index < -0.39 is 0 Å². The fourth-order valence-corrected chi connectivity index (χ4v) is 9.74. The molecule has 0 spiro atoms. The predicted octanol–water partition coefficient (Wildman–Crippen LogP) is 8.08. The Morgan fingerprint density at radius 2 is 0.282 bits per heavy atom. The minimum atomic E-state index is 0. The van der Waals surface area contributed by atoms with Crippen molar-refractivity contribution in [2.24, 2.45) is 0 Å². The van der Waals surface area contributed by atoms with Crippen LogP contribution in [0.4, 0.5) is 0 Å². The first-order chi connectivity index (χ1) is 34.7. The van der Waals surface area contributed by atoms with Crippen LogP contribution in [0.1, 0.15) is 160 Å². The molecule has 24 heteroatoms. The SMILES string of the molecule is CCN(CC)C(=[N-])N1CCCC1.CCN(CC)C(=[N-])N1CCCC1.CCN(CC)C(=[N-])N1CCCC1.CCN(CC)C(=[N-])N1CCCC1.CCN(CC)C(=[N-])N1CCCC1.CCN(CC)C(=[N-])N1CCCC1.[Cu+].[Cu+].[Cu+].[Cu+].[Cu+].[Cu+]. The van der Waals surface area contributed by atoms with Crippen LogP contribution in [0.25, 0.3) is 32.5 Å². The Morgan fingerprint density at radius 3 is 0.346 bits per heavy atom. The number of hydrogen-bond acceptors (Lipinski definition) is 0. The maximum atomic E-state index is 9.78. The third-order valence-electron chi connectivity index (χ3n) is 14.6. The molecule has 0 saturated carbocycles. The standard InChI is InChI=1S/6C9H18N3.6Cu/c6*1-3-11(4-2)9(10)12-7-5-6-8-12;;;;;;/h6*3-8H2,1-2H3;;;;;;/q6*-1;6*+1. The van der Waals surface area contributed by atoms with Crippen LogP contribution in [0.3, 0.4) is 0 Å². The molecule has 0 amide bonds. The molecule has 0 aromatic rings. The van der Waals surface area contributed by atoms with Gasteiger partial charge in [-0.2, -0.15) is 0 Å². The average molecular weight is 1390 g/mol. The summed E-state index contributed by atoms with van der Waals surface area (Å²) in [6.07, 6.45) is 14.6. The molecule has 0 N–H and O–H groups in total. The number of nitrogens with zero attached hydrogens (tertiary/aromatic N) is 18. The Hall–Kier alpha value is -1.26. The second-order valence-corrected chi connectivity index (χ2v) is 19.0. The van der Waals surface area contributed by atoms with E-state index >= 15 is 0 Å². The van der Waals surface area contributed by atoms with E-state index in [1.165, 1.54) is 77.0 Å². The van der Waals surface area contributed by atoms with Gasteiger partial charge >= 0.3 is 102 Å². The van der Waals surface area contributed by atoms with E-state index in [0.717, 1.165) is 157 Å². The van der Waals surface area contributed by atoms with Crippen molar-refractivity contribution in [2.45, 2.75) is 160 Å². The van der Waals surface area contributed by atoms with Crippen LogP contribution in [-0.2, 0) is 102 Å². The second kappa shape index (κ2) is 53.7. The molecular formula is C54H108Cu6N18. The van der Waals surface area contributed by atoms with E-state index in [2.05, 4.69) is 112 Å². The van der Waals surface area contributed by atoms with E-state index in [4.69, 9.17) is 0 Å². The zero-order chi connectivity index (χ0) is 53.8. The molecule has 6 fully saturated rings. The van der Waals surface area contributed by atoms with Crippen molar-refractivity contribution >= 4 is 35.8 Å². The molecule has 6 rings (SSSR count). The monoisotopic (exact) mass is 1390 g/mol. The van der Waals surface area contributed by atoms with Crippen molar-refractivity contribution in [2.75, 3.05) is 157 Å². The van der Waals surface area contributed by atoms with Gasteiger partial charge in [0.05, 0.1) is 0 Å². The predicted molar refractivity (Wildman–Crippen MR) is 313 cm³/mol. The largest absolute Gasteiger partial charge is 1.00 e. The molecule has 480 valence electrons. The van der Waals surface area contributed by atoms with Gasteiger partial charge in [0.1, 0.15) is 0 Å². The van der Waals surface area contributed by atoms with Crippen LogP contribution in [0.2, 0.25) is 0 Å². The van der Waals surface area contributed by atoms with E-state index in [-0.39, 0.29) is 102 Å². The zero-order valence-corrected chi connectivity index (χ0v) is 56.0. The van der Waals surface area contributed by atoms with Gasteiger partial charge in [0, 0.05) is 35.8 Å². The van der Waals surface area contributed by atoms with E-state index in [1.807, 2.05) is 29.4 Å². The molecule has 0 bridgehead atoms. The third-order valence-corrected chi connectivity index (χ3v) is 14.6. The number of hydrogen-bond donors (Lipinski definition) is 0. The zero-order valence-electron chi connectivity index (χ0n) is 50.3. The van der Waals surface area contributed by atoms with Crippen LogP contribution in [0, 0.1) is 0 Å². The van der Waals surface area contributed by atoms with Gasteiger partial charge in [-0.1, -0.05) is 83.1 Å². The molecule has 0 radical (unpaired) electrons. The summed E-state index contributed by atoms with van der Waals surface area (Å²) in [4.78, 5) is 24.3. The Kier molecular flexibility index (Phi) is 60.6. The molecule has 0 aromatic carbocycles. The topological polar surface area (TPSA) is 173 Å². The second-order valence-electron chi connectivity index (χ2n) is 19.0. The summed E-state index contributed by atoms with van der Waals surface area (Å²) in [6.45, 7) is 47.6. The molecule has 0 aromatic heterocycles. The minimum absolute atomic E-state index is 0. The van der Waals surface area contributed by atoms with Gasteiger partial charge in [-0.15, -0.1) is 0 Å². The summed E-state index contributed by atoms with van der Waals surface area (Å²) in [6, 6.07) is 0. The van der Waals surface area contributed by atoms with Gasteiger partial charge in [-0.3, -0.25) is 0 Å². The van der Waals surface area contributed by atoms with Crippen molar-refractivity contribution in [1.29, 1.82) is 0 Å². The first-order valence-corrected chi connectivity index (χ1v) is 29.1. The van der Waals surface area contributed by atoms with Crippen molar-refractivity contribution in [3.63, 3.8) is 0 Å². The summed E-state index contributed by atoms with van der Waals surface area (Å²) >= 11 is 0. The first kappa shape index (κ1) is 88.0. The molecule has 6 saturated heterocycles. The van der Waals surface area contributed by atoms with Gasteiger partial charge in [0.2, 0.25) is 0 Å². The molecule has 18 nitrogen and oxygen atoms in total. The first-order valence-electron chi connectivity index (χ1n) is 29.1. The van der Waals surface area contributed by atoms with Crippen molar-refractivity contribution in [3.05, 3.63) is 32.5 Å². The maximum absolute atomic E-state index is 9.78. The van der Waals surface area contributed by atoms with Gasteiger partial charge in [0.15, 0.2) is 0 Å². The van der Waals surface area contributed by atoms with Gasteiger partial charge in [-0.25, -0.2) is 0 Å². The summed E-state index contributed by atoms with van der Waals surface area (Å²) in [5.74, 6) is 2.82. The van der Waals surface area contributed by atoms with E-state index in [9.17, 15) is 32.5 Å². The van der Waals surface area contributed by atoms with Crippen molar-refractivity contribution in [3.8, 4) is 0 Å². The summed E-state index contributed by atoms with van der Waals surface area (Å²) in [5, 5.41) is 58.7. The smallest absolute Gasteiger partial charge is 0.427 e. The maximum Gasteiger partial charge on any atom is 1.00 e. The van der Waals surface area contributed by atoms with Crippen LogP contribution >= 0.6 is 0 Å². The van der Waals surface area contributed by atoms with Crippen molar-refractivity contribution in [1.82, 2.24) is 58.8 Å². The van der Waals surface area contributed by atoms with Crippen molar-refractivity contribution < 1.29 is 102 Å². The summed E-state index contributed by atoms with van der Waals surface area (Å²) in [7, 11) is 0. The molecule has 6 heterocycles. The van der Waals surface area contributed by atoms with Crippen LogP contribution in [0.5, 0.6) is 0 Å². The number of likely N-dealkylation sites (tertiary alicyclic amines) is 6. The summed E-state index contributed by atoms with van der Waals surface area (Å²) in [5.41, 5.74) is 0. The van der Waals surface area contributed by atoms with Crippen LogP contribution in [-0.4, -0.2) is 252 Å². The Morgan fingerprint density at radius 1 is 0.205 bits per heavy atom. The molecule has 6 aliphatic rings. The quantitative estimate of drug-likeness (QED) is 0.105. The van der Waals surface area contributed by atoms with Gasteiger partial charge in [0.25, 0.3) is 0 Å². The average Bonchev–Trinajstić information content (AvgIpc) is 4.26.